The number of rotatable bonds is 5. The number of anilines is 1. The number of benzene rings is 2. The Kier molecular flexibility index (Phi) is 4.00. The van der Waals surface area contributed by atoms with Crippen LogP contribution in [0.4, 0.5) is 5.69 Å². The molecule has 0 atom stereocenters. The van der Waals surface area contributed by atoms with E-state index in [1.807, 2.05) is 6.07 Å². The average molecular weight is 359 g/mol. The van der Waals surface area contributed by atoms with Crippen molar-refractivity contribution < 1.29 is 9.32 Å². The normalized spacial score (nSPS) is 14.9. The van der Waals surface area contributed by atoms with Crippen molar-refractivity contribution in [3.8, 4) is 11.4 Å². The van der Waals surface area contributed by atoms with Crippen LogP contribution in [-0.4, -0.2) is 16.0 Å². The van der Waals surface area contributed by atoms with Gasteiger partial charge in [-0.2, -0.15) is 4.98 Å². The number of carbonyl (C=O) groups excluding carboxylic acids is 1. The van der Waals surface area contributed by atoms with Crippen LogP contribution in [0.2, 0.25) is 0 Å². The molecule has 0 bridgehead atoms. The van der Waals surface area contributed by atoms with Gasteiger partial charge in [0, 0.05) is 17.7 Å². The van der Waals surface area contributed by atoms with Crippen molar-refractivity contribution in [3.63, 3.8) is 0 Å². The van der Waals surface area contributed by atoms with E-state index in [-0.39, 0.29) is 5.91 Å². The second kappa shape index (κ2) is 6.65. The number of fused-ring (bicyclic) bond motifs is 2. The van der Waals surface area contributed by atoms with Crippen molar-refractivity contribution in [3.05, 3.63) is 64.5 Å². The van der Waals surface area contributed by atoms with Gasteiger partial charge in [-0.05, 0) is 66.5 Å². The van der Waals surface area contributed by atoms with E-state index in [1.54, 1.807) is 0 Å². The Bertz CT molecular complexity index is 1020. The number of nitrogens with zero attached hydrogens (tertiary/aromatic N) is 2. The molecule has 1 amide bonds. The highest BCUT2D eigenvalue weighted by molar-refractivity contribution is 5.99. The Balaban J connectivity index is 1.22. The second-order valence-corrected chi connectivity index (χ2v) is 7.42. The van der Waals surface area contributed by atoms with Gasteiger partial charge in [-0.25, -0.2) is 0 Å². The average Bonchev–Trinajstić information content (AvgIpc) is 3.39. The molecule has 0 saturated carbocycles. The van der Waals surface area contributed by atoms with Crippen LogP contribution in [0.25, 0.3) is 11.4 Å². The van der Waals surface area contributed by atoms with Gasteiger partial charge >= 0.3 is 0 Å². The Morgan fingerprint density at radius 3 is 2.89 bits per heavy atom. The van der Waals surface area contributed by atoms with Gasteiger partial charge in [0.1, 0.15) is 0 Å². The summed E-state index contributed by atoms with van der Waals surface area (Å²) in [5.74, 6) is 1.44. The van der Waals surface area contributed by atoms with E-state index in [4.69, 9.17) is 4.52 Å². The largest absolute Gasteiger partial charge is 0.339 e. The predicted molar refractivity (Wildman–Crippen MR) is 103 cm³/mol. The van der Waals surface area contributed by atoms with Crippen LogP contribution in [0.5, 0.6) is 0 Å². The molecule has 0 radical (unpaired) electrons. The molecule has 3 aromatic rings. The lowest BCUT2D eigenvalue weighted by molar-refractivity contribution is -0.115. The molecule has 136 valence electrons. The van der Waals surface area contributed by atoms with Crippen LogP contribution >= 0.6 is 0 Å². The monoisotopic (exact) mass is 359 g/mol. The summed E-state index contributed by atoms with van der Waals surface area (Å²) in [4.78, 5) is 16.0. The third kappa shape index (κ3) is 3.25. The summed E-state index contributed by atoms with van der Waals surface area (Å²) in [6.07, 6.45) is 6.67. The first-order chi connectivity index (χ1) is 13.2. The summed E-state index contributed by atoms with van der Waals surface area (Å²) in [6, 6.07) is 12.7. The zero-order valence-electron chi connectivity index (χ0n) is 15.1. The van der Waals surface area contributed by atoms with E-state index in [1.165, 1.54) is 29.5 Å². The first-order valence-corrected chi connectivity index (χ1v) is 9.61. The molecule has 0 fully saturated rings. The summed E-state index contributed by atoms with van der Waals surface area (Å²) >= 11 is 0. The van der Waals surface area contributed by atoms with E-state index in [2.05, 4.69) is 45.8 Å². The summed E-state index contributed by atoms with van der Waals surface area (Å²) in [6.45, 7) is 0. The summed E-state index contributed by atoms with van der Waals surface area (Å²) < 4.78 is 5.45. The molecular weight excluding hydrogens is 338 g/mol. The standard InChI is InChI=1S/C22H21N3O2/c26-20-13-18-11-14(7-10-19(18)23-20)3-1-6-21-24-22(25-27-21)17-9-8-15-4-2-5-16(15)12-17/h7-12H,1-6,13H2,(H,23,26). The summed E-state index contributed by atoms with van der Waals surface area (Å²) in [7, 11) is 0. The molecule has 0 saturated heterocycles. The minimum Gasteiger partial charge on any atom is -0.339 e. The van der Waals surface area contributed by atoms with Gasteiger partial charge in [-0.1, -0.05) is 29.4 Å². The maximum absolute atomic E-state index is 11.5. The zero-order chi connectivity index (χ0) is 18.2. The van der Waals surface area contributed by atoms with Crippen molar-refractivity contribution in [2.24, 2.45) is 0 Å². The number of hydrogen-bond acceptors (Lipinski definition) is 4. The molecule has 1 N–H and O–H groups in total. The molecule has 2 aromatic carbocycles. The molecule has 2 heterocycles. The van der Waals surface area contributed by atoms with E-state index < -0.39 is 0 Å². The fourth-order valence-corrected chi connectivity index (χ4v) is 4.07. The van der Waals surface area contributed by atoms with Crippen molar-refractivity contribution >= 4 is 11.6 Å². The lowest BCUT2D eigenvalue weighted by Gasteiger charge is -2.03. The smallest absolute Gasteiger partial charge is 0.228 e. The molecule has 1 aromatic heterocycles. The number of hydrogen-bond donors (Lipinski definition) is 1. The lowest BCUT2D eigenvalue weighted by atomic mass is 10.0. The van der Waals surface area contributed by atoms with Gasteiger partial charge in [-0.15, -0.1) is 0 Å². The van der Waals surface area contributed by atoms with Crippen LogP contribution < -0.4 is 5.32 Å². The number of nitrogens with one attached hydrogen (secondary N) is 1. The molecule has 1 aliphatic carbocycles. The number of aromatic nitrogens is 2. The summed E-state index contributed by atoms with van der Waals surface area (Å²) in [5, 5.41) is 7.03. The molecule has 1 aliphatic heterocycles. The fourth-order valence-electron chi connectivity index (χ4n) is 4.07. The highest BCUT2D eigenvalue weighted by atomic mass is 16.5. The van der Waals surface area contributed by atoms with E-state index >= 15 is 0 Å². The highest BCUT2D eigenvalue weighted by Gasteiger charge is 2.17. The Labute approximate surface area is 157 Å². The van der Waals surface area contributed by atoms with Gasteiger partial charge in [0.2, 0.25) is 17.6 Å². The lowest BCUT2D eigenvalue weighted by Crippen LogP contribution is -2.03. The Morgan fingerprint density at radius 2 is 1.93 bits per heavy atom. The topological polar surface area (TPSA) is 68.0 Å². The molecule has 2 aliphatic rings. The van der Waals surface area contributed by atoms with Gasteiger partial charge in [0.15, 0.2) is 0 Å². The maximum atomic E-state index is 11.5. The van der Waals surface area contributed by atoms with E-state index in [9.17, 15) is 4.79 Å². The van der Waals surface area contributed by atoms with Crippen LogP contribution in [-0.2, 0) is 36.9 Å². The van der Waals surface area contributed by atoms with Gasteiger partial charge in [-0.3, -0.25) is 4.79 Å². The highest BCUT2D eigenvalue weighted by Crippen LogP contribution is 2.27. The van der Waals surface area contributed by atoms with Crippen LogP contribution in [0.15, 0.2) is 40.9 Å². The summed E-state index contributed by atoms with van der Waals surface area (Å²) in [5.41, 5.74) is 7.19. The molecule has 27 heavy (non-hydrogen) atoms. The van der Waals surface area contributed by atoms with Gasteiger partial charge in [0.05, 0.1) is 6.42 Å². The fraction of sp³-hybridized carbons (Fsp3) is 0.318. The zero-order valence-corrected chi connectivity index (χ0v) is 15.1. The maximum Gasteiger partial charge on any atom is 0.228 e. The Hall–Kier alpha value is -2.95. The third-order valence-electron chi connectivity index (χ3n) is 5.48. The van der Waals surface area contributed by atoms with Crippen molar-refractivity contribution in [1.82, 2.24) is 10.1 Å². The molecule has 0 unspecified atom stereocenters. The van der Waals surface area contributed by atoms with E-state index in [0.29, 0.717) is 18.1 Å². The quantitative estimate of drug-likeness (QED) is 0.750. The number of carbonyl (C=O) groups is 1. The SMILES string of the molecule is O=C1Cc2cc(CCCc3nc(-c4ccc5c(c4)CCC5)no3)ccc2N1. The minimum atomic E-state index is 0.0760. The third-order valence-corrected chi connectivity index (χ3v) is 5.48. The first kappa shape index (κ1) is 16.2. The Morgan fingerprint density at radius 1 is 1.00 bits per heavy atom. The predicted octanol–water partition coefficient (Wildman–Crippen LogP) is 3.90. The van der Waals surface area contributed by atoms with Crippen molar-refractivity contribution in [2.45, 2.75) is 44.9 Å². The van der Waals surface area contributed by atoms with Crippen molar-refractivity contribution in [1.29, 1.82) is 0 Å². The van der Waals surface area contributed by atoms with Crippen LogP contribution in [0, 0.1) is 0 Å². The second-order valence-electron chi connectivity index (χ2n) is 7.42. The minimum absolute atomic E-state index is 0.0760. The van der Waals surface area contributed by atoms with Gasteiger partial charge < -0.3 is 9.84 Å². The molecule has 0 spiro atoms. The number of aryl methyl sites for hydroxylation is 4. The number of amides is 1. The van der Waals surface area contributed by atoms with Crippen LogP contribution in [0.3, 0.4) is 0 Å². The van der Waals surface area contributed by atoms with Crippen molar-refractivity contribution in [2.75, 3.05) is 5.32 Å². The first-order valence-electron chi connectivity index (χ1n) is 9.61. The molecule has 5 heteroatoms. The molecule has 5 rings (SSSR count). The molecule has 5 nitrogen and oxygen atoms in total. The van der Waals surface area contributed by atoms with E-state index in [0.717, 1.165) is 42.5 Å². The van der Waals surface area contributed by atoms with Gasteiger partial charge in [0.25, 0.3) is 0 Å². The molecular formula is C22H21N3O2. The van der Waals surface area contributed by atoms with Crippen LogP contribution in [0.1, 0.15) is 41.0 Å².